The lowest BCUT2D eigenvalue weighted by Crippen LogP contribution is -2.53. The molecule has 0 aromatic heterocycles. The monoisotopic (exact) mass is 270 g/mol. The second kappa shape index (κ2) is 7.85. The second-order valence-electron chi connectivity index (χ2n) is 6.09. The van der Waals surface area contributed by atoms with Crippen LogP contribution in [0.3, 0.4) is 0 Å². The van der Waals surface area contributed by atoms with E-state index in [-0.39, 0.29) is 29.9 Å². The average Bonchev–Trinajstić information content (AvgIpc) is 2.37. The highest BCUT2D eigenvalue weighted by Gasteiger charge is 2.31. The molecule has 3 unspecified atom stereocenters. The van der Waals surface area contributed by atoms with Gasteiger partial charge in [0.25, 0.3) is 0 Å². The Morgan fingerprint density at radius 3 is 2.58 bits per heavy atom. The normalized spacial score (nSPS) is 26.4. The number of carbonyl (C=O) groups is 1. The maximum atomic E-state index is 11.8. The first-order chi connectivity index (χ1) is 8.97. The van der Waals surface area contributed by atoms with Crippen LogP contribution in [0.15, 0.2) is 0 Å². The van der Waals surface area contributed by atoms with Crippen LogP contribution in [0, 0.1) is 11.8 Å². The van der Waals surface area contributed by atoms with Gasteiger partial charge in [0.2, 0.25) is 5.91 Å². The molecule has 3 atom stereocenters. The summed E-state index contributed by atoms with van der Waals surface area (Å²) in [6.07, 6.45) is 2.54. The van der Waals surface area contributed by atoms with Crippen molar-refractivity contribution in [3.63, 3.8) is 0 Å². The Kier molecular flexibility index (Phi) is 6.80. The van der Waals surface area contributed by atoms with E-state index in [2.05, 4.69) is 17.1 Å². The predicted molar refractivity (Wildman–Crippen MR) is 77.9 cm³/mol. The number of rotatable bonds is 6. The van der Waals surface area contributed by atoms with E-state index in [0.29, 0.717) is 0 Å². The van der Waals surface area contributed by atoms with Crippen molar-refractivity contribution in [3.8, 4) is 0 Å². The van der Waals surface area contributed by atoms with E-state index in [1.807, 2.05) is 20.8 Å². The van der Waals surface area contributed by atoms with Gasteiger partial charge in [0.1, 0.15) is 0 Å². The van der Waals surface area contributed by atoms with Crippen LogP contribution in [-0.2, 0) is 4.79 Å². The Morgan fingerprint density at radius 2 is 2.05 bits per heavy atom. The van der Waals surface area contributed by atoms with E-state index in [1.54, 1.807) is 0 Å². The van der Waals surface area contributed by atoms with E-state index in [4.69, 9.17) is 0 Å². The molecule has 4 nitrogen and oxygen atoms in total. The maximum Gasteiger partial charge on any atom is 0.222 e. The Labute approximate surface area is 117 Å². The second-order valence-corrected chi connectivity index (χ2v) is 6.09. The third-order valence-electron chi connectivity index (χ3n) is 3.93. The number of nitrogens with zero attached hydrogens (tertiary/aromatic N) is 1. The average molecular weight is 270 g/mol. The molecular weight excluding hydrogens is 240 g/mol. The lowest BCUT2D eigenvalue weighted by molar-refractivity contribution is -0.125. The molecule has 19 heavy (non-hydrogen) atoms. The largest absolute Gasteiger partial charge is 0.393 e. The number of aliphatic hydroxyl groups excluding tert-OH is 1. The predicted octanol–water partition coefficient (Wildman–Crippen LogP) is 1.63. The summed E-state index contributed by atoms with van der Waals surface area (Å²) in [5, 5.41) is 13.2. The summed E-state index contributed by atoms with van der Waals surface area (Å²) in [7, 11) is 0. The van der Waals surface area contributed by atoms with Crippen LogP contribution in [0.5, 0.6) is 0 Å². The van der Waals surface area contributed by atoms with Gasteiger partial charge >= 0.3 is 0 Å². The number of nitrogens with one attached hydrogen (secondary N) is 1. The van der Waals surface area contributed by atoms with Crippen LogP contribution in [-0.4, -0.2) is 47.7 Å². The van der Waals surface area contributed by atoms with Crippen molar-refractivity contribution in [1.29, 1.82) is 0 Å². The molecular formula is C15H30N2O2. The number of aliphatic hydroxyl groups is 1. The van der Waals surface area contributed by atoms with Crippen LogP contribution in [0.2, 0.25) is 0 Å². The molecule has 1 amide bonds. The smallest absolute Gasteiger partial charge is 0.222 e. The zero-order chi connectivity index (χ0) is 14.4. The minimum atomic E-state index is -0.252. The first kappa shape index (κ1) is 16.4. The number of hydrogen-bond donors (Lipinski definition) is 2. The fourth-order valence-corrected chi connectivity index (χ4v) is 2.82. The number of carbonyl (C=O) groups excluding carboxylic acids is 1. The van der Waals surface area contributed by atoms with Crippen LogP contribution < -0.4 is 5.32 Å². The molecule has 0 saturated carbocycles. The molecule has 0 radical (unpaired) electrons. The molecule has 0 aliphatic carbocycles. The summed E-state index contributed by atoms with van der Waals surface area (Å²) in [4.78, 5) is 14.2. The van der Waals surface area contributed by atoms with Gasteiger partial charge in [0.05, 0.1) is 6.10 Å². The third kappa shape index (κ3) is 5.11. The zero-order valence-electron chi connectivity index (χ0n) is 12.9. The van der Waals surface area contributed by atoms with Gasteiger partial charge in [-0.05, 0) is 31.7 Å². The van der Waals surface area contributed by atoms with Gasteiger partial charge in [-0.1, -0.05) is 27.7 Å². The first-order valence-corrected chi connectivity index (χ1v) is 7.68. The highest BCUT2D eigenvalue weighted by molar-refractivity contribution is 5.78. The summed E-state index contributed by atoms with van der Waals surface area (Å²) in [6.45, 7) is 10.9. The van der Waals surface area contributed by atoms with E-state index in [0.717, 1.165) is 38.9 Å². The number of amides is 1. The number of likely N-dealkylation sites (tertiary alicyclic amines) is 1. The van der Waals surface area contributed by atoms with E-state index in [9.17, 15) is 9.90 Å². The van der Waals surface area contributed by atoms with Gasteiger partial charge < -0.3 is 15.3 Å². The molecule has 0 bridgehead atoms. The quantitative estimate of drug-likeness (QED) is 0.771. The van der Waals surface area contributed by atoms with Crippen molar-refractivity contribution in [2.45, 2.75) is 59.1 Å². The molecule has 1 fully saturated rings. The minimum Gasteiger partial charge on any atom is -0.393 e. The molecule has 1 heterocycles. The summed E-state index contributed by atoms with van der Waals surface area (Å²) in [5.74, 6) is 0.423. The van der Waals surface area contributed by atoms with Crippen molar-refractivity contribution in [2.75, 3.05) is 19.6 Å². The van der Waals surface area contributed by atoms with Crippen molar-refractivity contribution in [3.05, 3.63) is 0 Å². The molecule has 0 aromatic rings. The van der Waals surface area contributed by atoms with Crippen LogP contribution in [0.25, 0.3) is 0 Å². The van der Waals surface area contributed by atoms with E-state index >= 15 is 0 Å². The molecule has 4 heteroatoms. The van der Waals surface area contributed by atoms with Gasteiger partial charge in [-0.25, -0.2) is 0 Å². The molecule has 1 saturated heterocycles. The highest BCUT2D eigenvalue weighted by Crippen LogP contribution is 2.22. The Bertz CT molecular complexity index is 281. The van der Waals surface area contributed by atoms with Crippen molar-refractivity contribution < 1.29 is 9.90 Å². The van der Waals surface area contributed by atoms with Gasteiger partial charge in [-0.15, -0.1) is 0 Å². The lowest BCUT2D eigenvalue weighted by Gasteiger charge is -2.40. The Balaban J connectivity index is 2.61. The van der Waals surface area contributed by atoms with Crippen LogP contribution >= 0.6 is 0 Å². The molecule has 0 aromatic carbocycles. The molecule has 1 rings (SSSR count). The highest BCUT2D eigenvalue weighted by atomic mass is 16.3. The Morgan fingerprint density at radius 1 is 1.37 bits per heavy atom. The van der Waals surface area contributed by atoms with Gasteiger partial charge in [-0.3, -0.25) is 4.79 Å². The minimum absolute atomic E-state index is 0.0242. The van der Waals surface area contributed by atoms with Gasteiger partial charge in [-0.2, -0.15) is 0 Å². The molecule has 0 spiro atoms. The standard InChI is InChI=1S/C15H30N2O2/c1-5-7-17-9-12(14(18)6-2)8-13(10-17)16-15(19)11(3)4/h11-14,18H,5-10H2,1-4H3,(H,16,19). The summed E-state index contributed by atoms with van der Waals surface area (Å²) in [5.41, 5.74) is 0. The van der Waals surface area contributed by atoms with Gasteiger partial charge in [0, 0.05) is 25.0 Å². The molecule has 2 N–H and O–H groups in total. The van der Waals surface area contributed by atoms with Crippen LogP contribution in [0.4, 0.5) is 0 Å². The Hall–Kier alpha value is -0.610. The fourth-order valence-electron chi connectivity index (χ4n) is 2.82. The van der Waals surface area contributed by atoms with Gasteiger partial charge in [0.15, 0.2) is 0 Å². The third-order valence-corrected chi connectivity index (χ3v) is 3.93. The molecule has 1 aliphatic heterocycles. The number of hydrogen-bond acceptors (Lipinski definition) is 3. The lowest BCUT2D eigenvalue weighted by atomic mass is 9.88. The van der Waals surface area contributed by atoms with Crippen molar-refractivity contribution in [2.24, 2.45) is 11.8 Å². The first-order valence-electron chi connectivity index (χ1n) is 7.68. The van der Waals surface area contributed by atoms with Crippen molar-refractivity contribution >= 4 is 5.91 Å². The maximum absolute atomic E-state index is 11.8. The molecule has 112 valence electrons. The van der Waals surface area contributed by atoms with Crippen LogP contribution in [0.1, 0.15) is 47.0 Å². The van der Waals surface area contributed by atoms with Crippen molar-refractivity contribution in [1.82, 2.24) is 10.2 Å². The topological polar surface area (TPSA) is 52.6 Å². The van der Waals surface area contributed by atoms with E-state index < -0.39 is 0 Å². The zero-order valence-corrected chi connectivity index (χ0v) is 12.9. The summed E-state index contributed by atoms with van der Waals surface area (Å²) in [6, 6.07) is 0.182. The molecule has 1 aliphatic rings. The fraction of sp³-hybridized carbons (Fsp3) is 0.933. The number of piperidine rings is 1. The summed E-state index contributed by atoms with van der Waals surface area (Å²) < 4.78 is 0. The SMILES string of the molecule is CCCN1CC(NC(=O)C(C)C)CC(C(O)CC)C1. The summed E-state index contributed by atoms with van der Waals surface area (Å²) >= 11 is 0. The van der Waals surface area contributed by atoms with E-state index in [1.165, 1.54) is 0 Å².